The van der Waals surface area contributed by atoms with Crippen molar-refractivity contribution in [3.63, 3.8) is 0 Å². The normalized spacial score (nSPS) is 10.3. The molecule has 0 aliphatic carbocycles. The molecule has 2 aromatic carbocycles. The van der Waals surface area contributed by atoms with Crippen LogP contribution < -0.4 is 11.1 Å². The number of nitrogens with one attached hydrogen (secondary N) is 1. The summed E-state index contributed by atoms with van der Waals surface area (Å²) < 4.78 is 26.6. The van der Waals surface area contributed by atoms with E-state index >= 15 is 0 Å². The Kier molecular flexibility index (Phi) is 3.76. The number of halogens is 3. The van der Waals surface area contributed by atoms with Crippen LogP contribution in [0.3, 0.4) is 0 Å². The summed E-state index contributed by atoms with van der Waals surface area (Å²) in [7, 11) is 0. The molecular formula is C13H9ClF2N2O2. The van der Waals surface area contributed by atoms with E-state index in [1.54, 1.807) is 0 Å². The first-order valence-electron chi connectivity index (χ1n) is 5.43. The number of carbonyl (C=O) groups is 1. The molecule has 104 valence electrons. The highest BCUT2D eigenvalue weighted by atomic mass is 35.5. The van der Waals surface area contributed by atoms with Gasteiger partial charge in [0, 0.05) is 5.56 Å². The molecule has 0 radical (unpaired) electrons. The van der Waals surface area contributed by atoms with Crippen LogP contribution >= 0.6 is 11.6 Å². The standard InChI is InChI=1S/C13H9ClF2N2O2/c14-7-5-6(1-4-10(7)19)13(20)18-12-9(17)3-2-8(15)11(12)16/h1-5,19H,17H2,(H,18,20). The highest BCUT2D eigenvalue weighted by molar-refractivity contribution is 6.32. The summed E-state index contributed by atoms with van der Waals surface area (Å²) in [6.07, 6.45) is 0. The van der Waals surface area contributed by atoms with E-state index in [1.807, 2.05) is 0 Å². The number of nitrogen functional groups attached to an aromatic ring is 1. The van der Waals surface area contributed by atoms with Crippen molar-refractivity contribution in [1.29, 1.82) is 0 Å². The number of benzene rings is 2. The van der Waals surface area contributed by atoms with Crippen LogP contribution in [0.25, 0.3) is 0 Å². The molecule has 2 aromatic rings. The first-order chi connectivity index (χ1) is 9.40. The Morgan fingerprint density at radius 1 is 1.25 bits per heavy atom. The number of phenolic OH excluding ortho intramolecular Hbond substituents is 1. The number of anilines is 2. The van der Waals surface area contributed by atoms with E-state index < -0.39 is 23.2 Å². The predicted molar refractivity (Wildman–Crippen MR) is 71.8 cm³/mol. The van der Waals surface area contributed by atoms with E-state index in [2.05, 4.69) is 5.32 Å². The van der Waals surface area contributed by atoms with Crippen molar-refractivity contribution >= 4 is 28.9 Å². The second-order valence-corrected chi connectivity index (χ2v) is 4.35. The summed E-state index contributed by atoms with van der Waals surface area (Å²) in [6.45, 7) is 0. The fourth-order valence-corrected chi connectivity index (χ4v) is 1.71. The summed E-state index contributed by atoms with van der Waals surface area (Å²) in [5.41, 5.74) is 4.99. The van der Waals surface area contributed by atoms with Gasteiger partial charge in [-0.05, 0) is 30.3 Å². The van der Waals surface area contributed by atoms with Gasteiger partial charge in [-0.1, -0.05) is 11.6 Å². The molecule has 0 saturated carbocycles. The van der Waals surface area contributed by atoms with Gasteiger partial charge in [-0.25, -0.2) is 8.78 Å². The van der Waals surface area contributed by atoms with Gasteiger partial charge in [0.15, 0.2) is 11.6 Å². The zero-order valence-electron chi connectivity index (χ0n) is 9.95. The van der Waals surface area contributed by atoms with Gasteiger partial charge in [-0.15, -0.1) is 0 Å². The topological polar surface area (TPSA) is 75.3 Å². The number of hydrogen-bond acceptors (Lipinski definition) is 3. The molecular weight excluding hydrogens is 290 g/mol. The molecule has 1 amide bonds. The summed E-state index contributed by atoms with van der Waals surface area (Å²) in [5, 5.41) is 11.4. The Morgan fingerprint density at radius 2 is 1.95 bits per heavy atom. The molecule has 4 N–H and O–H groups in total. The molecule has 2 rings (SSSR count). The summed E-state index contributed by atoms with van der Waals surface area (Å²) >= 11 is 5.66. The SMILES string of the molecule is Nc1ccc(F)c(F)c1NC(=O)c1ccc(O)c(Cl)c1. The second-order valence-electron chi connectivity index (χ2n) is 3.95. The van der Waals surface area contributed by atoms with Crippen LogP contribution in [0.5, 0.6) is 5.75 Å². The molecule has 20 heavy (non-hydrogen) atoms. The summed E-state index contributed by atoms with van der Waals surface area (Å²) in [5.74, 6) is -3.30. The number of carbonyl (C=O) groups excluding carboxylic acids is 1. The maximum atomic E-state index is 13.5. The average molecular weight is 299 g/mol. The van der Waals surface area contributed by atoms with Crippen LogP contribution in [0.1, 0.15) is 10.4 Å². The van der Waals surface area contributed by atoms with Crippen LogP contribution in [-0.4, -0.2) is 11.0 Å². The fourth-order valence-electron chi connectivity index (χ4n) is 1.53. The maximum absolute atomic E-state index is 13.5. The minimum atomic E-state index is -1.25. The molecule has 0 aliphatic rings. The molecule has 0 spiro atoms. The smallest absolute Gasteiger partial charge is 0.255 e. The fraction of sp³-hybridized carbons (Fsp3) is 0. The van der Waals surface area contributed by atoms with Gasteiger partial charge in [0.1, 0.15) is 11.4 Å². The maximum Gasteiger partial charge on any atom is 0.255 e. The lowest BCUT2D eigenvalue weighted by Crippen LogP contribution is -2.15. The molecule has 0 fully saturated rings. The van der Waals surface area contributed by atoms with Crippen molar-refractivity contribution in [2.45, 2.75) is 0 Å². The minimum Gasteiger partial charge on any atom is -0.506 e. The first kappa shape index (κ1) is 14.1. The third-order valence-electron chi connectivity index (χ3n) is 2.58. The molecule has 0 unspecified atom stereocenters. The van der Waals surface area contributed by atoms with Gasteiger partial charge in [0.25, 0.3) is 5.91 Å². The molecule has 0 aromatic heterocycles. The van der Waals surface area contributed by atoms with Gasteiger partial charge in [0.05, 0.1) is 10.7 Å². The second kappa shape index (κ2) is 5.34. The quantitative estimate of drug-likeness (QED) is 0.745. The number of hydrogen-bond donors (Lipinski definition) is 3. The predicted octanol–water partition coefficient (Wildman–Crippen LogP) is 3.16. The van der Waals surface area contributed by atoms with Gasteiger partial charge < -0.3 is 16.2 Å². The van der Waals surface area contributed by atoms with E-state index in [0.29, 0.717) is 0 Å². The Bertz CT molecular complexity index is 692. The average Bonchev–Trinajstić information content (AvgIpc) is 2.42. The van der Waals surface area contributed by atoms with Crippen molar-refractivity contribution in [2.75, 3.05) is 11.1 Å². The van der Waals surface area contributed by atoms with E-state index in [0.717, 1.165) is 12.1 Å². The van der Waals surface area contributed by atoms with Gasteiger partial charge >= 0.3 is 0 Å². The largest absolute Gasteiger partial charge is 0.506 e. The highest BCUT2D eigenvalue weighted by Crippen LogP contribution is 2.27. The zero-order valence-corrected chi connectivity index (χ0v) is 10.7. The monoisotopic (exact) mass is 298 g/mol. The number of aromatic hydroxyl groups is 1. The van der Waals surface area contributed by atoms with Gasteiger partial charge in [-0.3, -0.25) is 4.79 Å². The lowest BCUT2D eigenvalue weighted by atomic mass is 10.2. The third kappa shape index (κ3) is 2.65. The molecule has 7 heteroatoms. The summed E-state index contributed by atoms with van der Waals surface area (Å²) in [6, 6.07) is 5.68. The minimum absolute atomic E-state index is 0.0367. The Hall–Kier alpha value is -2.34. The van der Waals surface area contributed by atoms with Gasteiger partial charge in [0.2, 0.25) is 0 Å². The third-order valence-corrected chi connectivity index (χ3v) is 2.88. The number of phenols is 1. The molecule has 0 atom stereocenters. The van der Waals surface area contributed by atoms with Crippen LogP contribution in [-0.2, 0) is 0 Å². The Labute approximate surface area is 117 Å². The van der Waals surface area contributed by atoms with Crippen molar-refractivity contribution in [3.8, 4) is 5.75 Å². The lowest BCUT2D eigenvalue weighted by Gasteiger charge is -2.10. The molecule has 0 aliphatic heterocycles. The zero-order chi connectivity index (χ0) is 14.9. The van der Waals surface area contributed by atoms with Crippen LogP contribution in [0.4, 0.5) is 20.2 Å². The lowest BCUT2D eigenvalue weighted by molar-refractivity contribution is 0.102. The number of amides is 1. The van der Waals surface area contributed by atoms with Crippen molar-refractivity contribution in [1.82, 2.24) is 0 Å². The van der Waals surface area contributed by atoms with E-state index in [1.165, 1.54) is 18.2 Å². The first-order valence-corrected chi connectivity index (χ1v) is 5.81. The van der Waals surface area contributed by atoms with Crippen LogP contribution in [0.2, 0.25) is 5.02 Å². The molecule has 4 nitrogen and oxygen atoms in total. The van der Waals surface area contributed by atoms with E-state index in [9.17, 15) is 18.7 Å². The van der Waals surface area contributed by atoms with Crippen molar-refractivity contribution < 1.29 is 18.7 Å². The molecule has 0 bridgehead atoms. The van der Waals surface area contributed by atoms with E-state index in [4.69, 9.17) is 17.3 Å². The van der Waals surface area contributed by atoms with E-state index in [-0.39, 0.29) is 22.0 Å². The molecule has 0 heterocycles. The number of rotatable bonds is 2. The Balaban J connectivity index is 2.32. The molecule has 0 saturated heterocycles. The highest BCUT2D eigenvalue weighted by Gasteiger charge is 2.16. The van der Waals surface area contributed by atoms with Gasteiger partial charge in [-0.2, -0.15) is 0 Å². The Morgan fingerprint density at radius 3 is 2.60 bits per heavy atom. The van der Waals surface area contributed by atoms with Crippen LogP contribution in [0, 0.1) is 11.6 Å². The number of nitrogens with two attached hydrogens (primary N) is 1. The van der Waals surface area contributed by atoms with Crippen LogP contribution in [0.15, 0.2) is 30.3 Å². The summed E-state index contributed by atoms with van der Waals surface area (Å²) in [4.78, 5) is 11.9. The van der Waals surface area contributed by atoms with Crippen molar-refractivity contribution in [3.05, 3.63) is 52.6 Å². The van der Waals surface area contributed by atoms with Crippen molar-refractivity contribution in [2.24, 2.45) is 0 Å².